The number of hydrogen-bond donors (Lipinski definition) is 2. The van der Waals surface area contributed by atoms with Crippen LogP contribution < -0.4 is 5.73 Å². The van der Waals surface area contributed by atoms with Crippen LogP contribution in [0.25, 0.3) is 0 Å². The minimum atomic E-state index is -3.54. The molecule has 5 nitrogen and oxygen atoms in total. The van der Waals surface area contributed by atoms with Gasteiger partial charge in [0.1, 0.15) is 5.54 Å². The lowest BCUT2D eigenvalue weighted by molar-refractivity contribution is -0.139. The van der Waals surface area contributed by atoms with Gasteiger partial charge in [-0.1, -0.05) is 23.7 Å². The van der Waals surface area contributed by atoms with Gasteiger partial charge >= 0.3 is 5.97 Å². The van der Waals surface area contributed by atoms with E-state index in [2.05, 4.69) is 0 Å². The smallest absolute Gasteiger partial charge is 0.325 e. The summed E-state index contributed by atoms with van der Waals surface area (Å²) in [6, 6.07) is 6.44. The second-order valence-corrected chi connectivity index (χ2v) is 7.12. The average Bonchev–Trinajstić information content (AvgIpc) is 2.86. The van der Waals surface area contributed by atoms with Crippen molar-refractivity contribution in [2.75, 3.05) is 6.26 Å². The molecule has 1 aliphatic carbocycles. The lowest BCUT2D eigenvalue weighted by atomic mass is 10.1. The van der Waals surface area contributed by atoms with Crippen molar-refractivity contribution in [1.29, 1.82) is 0 Å². The van der Waals surface area contributed by atoms with Crippen LogP contribution in [0.4, 0.5) is 0 Å². The Hall–Kier alpha value is -1.11. The molecule has 0 saturated heterocycles. The van der Waals surface area contributed by atoms with E-state index in [1.165, 1.54) is 0 Å². The number of nitrogens with two attached hydrogens (primary N) is 1. The second kappa shape index (κ2) is 3.94. The minimum Gasteiger partial charge on any atom is -0.480 e. The molecular weight excluding hydrogens is 278 g/mol. The van der Waals surface area contributed by atoms with Crippen LogP contribution in [0.15, 0.2) is 24.3 Å². The van der Waals surface area contributed by atoms with Crippen molar-refractivity contribution >= 4 is 27.4 Å². The van der Waals surface area contributed by atoms with Crippen molar-refractivity contribution in [2.24, 2.45) is 5.73 Å². The highest BCUT2D eigenvalue weighted by Crippen LogP contribution is 2.54. The molecule has 1 aromatic carbocycles. The Labute approximate surface area is 109 Å². The zero-order valence-corrected chi connectivity index (χ0v) is 11.1. The predicted molar refractivity (Wildman–Crippen MR) is 67.4 cm³/mol. The fourth-order valence-corrected chi connectivity index (χ4v) is 4.33. The molecule has 1 aromatic rings. The summed E-state index contributed by atoms with van der Waals surface area (Å²) in [5.74, 6) is -2.08. The molecule has 18 heavy (non-hydrogen) atoms. The lowest BCUT2D eigenvalue weighted by Crippen LogP contribution is -2.39. The lowest BCUT2D eigenvalue weighted by Gasteiger charge is -2.04. The molecule has 1 aliphatic rings. The first-order valence-electron chi connectivity index (χ1n) is 5.15. The maximum atomic E-state index is 11.6. The van der Waals surface area contributed by atoms with E-state index in [-0.39, 0.29) is 0 Å². The third-order valence-electron chi connectivity index (χ3n) is 3.22. The number of rotatable bonds is 3. The van der Waals surface area contributed by atoms with Gasteiger partial charge in [-0.25, -0.2) is 8.42 Å². The van der Waals surface area contributed by atoms with Gasteiger partial charge < -0.3 is 10.8 Å². The summed E-state index contributed by atoms with van der Waals surface area (Å²) < 4.78 is 23.2. The normalized spacial score (nSPS) is 31.1. The molecule has 98 valence electrons. The second-order valence-electron chi connectivity index (χ2n) is 4.52. The van der Waals surface area contributed by atoms with E-state index < -0.39 is 32.5 Å². The summed E-state index contributed by atoms with van der Waals surface area (Å²) in [6.45, 7) is 0. The van der Waals surface area contributed by atoms with Crippen molar-refractivity contribution in [1.82, 2.24) is 0 Å². The number of sulfone groups is 1. The van der Waals surface area contributed by atoms with Crippen LogP contribution >= 0.6 is 11.6 Å². The summed E-state index contributed by atoms with van der Waals surface area (Å²) in [5, 5.41) is 8.43. The largest absolute Gasteiger partial charge is 0.480 e. The summed E-state index contributed by atoms with van der Waals surface area (Å²) in [7, 11) is -3.54. The Morgan fingerprint density at radius 1 is 1.50 bits per heavy atom. The Bertz CT molecular complexity index is 615. The van der Waals surface area contributed by atoms with Gasteiger partial charge in [-0.15, -0.1) is 0 Å². The average molecular weight is 290 g/mol. The Kier molecular flexibility index (Phi) is 2.92. The van der Waals surface area contributed by atoms with E-state index in [4.69, 9.17) is 22.4 Å². The summed E-state index contributed by atoms with van der Waals surface area (Å²) >= 11 is 5.81. The maximum absolute atomic E-state index is 11.6. The van der Waals surface area contributed by atoms with E-state index in [0.717, 1.165) is 6.26 Å². The number of aliphatic carboxylic acids is 1. The molecule has 1 fully saturated rings. The van der Waals surface area contributed by atoms with E-state index in [0.29, 0.717) is 10.6 Å². The molecule has 0 aromatic heterocycles. The standard InChI is InChI=1S/C11H12ClNO4S/c1-18(16,17)9-8(11(9,13)10(14)15)6-3-2-4-7(12)5-6/h2-5,8-9H,13H2,1H3,(H,14,15)/t8-,9-,11-/m0/s1. The molecule has 3 N–H and O–H groups in total. The molecule has 0 aliphatic heterocycles. The van der Waals surface area contributed by atoms with Gasteiger partial charge in [0.2, 0.25) is 0 Å². The van der Waals surface area contributed by atoms with Crippen LogP contribution in [0.5, 0.6) is 0 Å². The molecule has 7 heteroatoms. The van der Waals surface area contributed by atoms with Gasteiger partial charge in [0.25, 0.3) is 0 Å². The van der Waals surface area contributed by atoms with E-state index in [9.17, 15) is 13.2 Å². The molecule has 1 saturated carbocycles. The molecular formula is C11H12ClNO4S. The van der Waals surface area contributed by atoms with E-state index in [1.807, 2.05) is 0 Å². The first-order valence-corrected chi connectivity index (χ1v) is 7.49. The maximum Gasteiger partial charge on any atom is 0.325 e. The first-order chi connectivity index (χ1) is 8.19. The molecule has 0 amide bonds. The van der Waals surface area contributed by atoms with Crippen molar-refractivity contribution in [3.63, 3.8) is 0 Å². The number of carboxylic acids is 1. The topological polar surface area (TPSA) is 97.5 Å². The minimum absolute atomic E-state index is 0.416. The highest BCUT2D eigenvalue weighted by molar-refractivity contribution is 7.91. The monoisotopic (exact) mass is 289 g/mol. The molecule has 0 unspecified atom stereocenters. The molecule has 3 atom stereocenters. The third-order valence-corrected chi connectivity index (χ3v) is 5.04. The third kappa shape index (κ3) is 1.90. The van der Waals surface area contributed by atoms with Crippen molar-refractivity contribution < 1.29 is 18.3 Å². The molecule has 2 rings (SSSR count). The van der Waals surface area contributed by atoms with Crippen LogP contribution in [0, 0.1) is 0 Å². The number of carbonyl (C=O) groups is 1. The van der Waals surface area contributed by atoms with Crippen LogP contribution in [0.3, 0.4) is 0 Å². The Balaban J connectivity index is 2.49. The van der Waals surface area contributed by atoms with Crippen LogP contribution in [0.1, 0.15) is 11.5 Å². The van der Waals surface area contributed by atoms with Gasteiger partial charge in [-0.3, -0.25) is 4.79 Å². The number of halogens is 1. The number of benzene rings is 1. The van der Waals surface area contributed by atoms with Crippen molar-refractivity contribution in [3.8, 4) is 0 Å². The van der Waals surface area contributed by atoms with Gasteiger partial charge in [0.15, 0.2) is 9.84 Å². The van der Waals surface area contributed by atoms with Crippen LogP contribution in [0.2, 0.25) is 5.02 Å². The highest BCUT2D eigenvalue weighted by Gasteiger charge is 2.73. The van der Waals surface area contributed by atoms with Gasteiger partial charge in [0, 0.05) is 17.2 Å². The highest BCUT2D eigenvalue weighted by atomic mass is 35.5. The fourth-order valence-electron chi connectivity index (χ4n) is 2.38. The molecule has 0 radical (unpaired) electrons. The summed E-state index contributed by atoms with van der Waals surface area (Å²) in [5.41, 5.74) is 4.49. The van der Waals surface area contributed by atoms with Crippen molar-refractivity contribution in [3.05, 3.63) is 34.9 Å². The van der Waals surface area contributed by atoms with Crippen molar-refractivity contribution in [2.45, 2.75) is 16.7 Å². The zero-order valence-electron chi connectivity index (χ0n) is 9.50. The van der Waals surface area contributed by atoms with Gasteiger partial charge in [0.05, 0.1) is 5.25 Å². The quantitative estimate of drug-likeness (QED) is 0.851. The molecule has 0 spiro atoms. The predicted octanol–water partition coefficient (Wildman–Crippen LogP) is 0.633. The van der Waals surface area contributed by atoms with Crippen LogP contribution in [-0.4, -0.2) is 36.5 Å². The Morgan fingerprint density at radius 3 is 2.50 bits per heavy atom. The molecule has 0 bridgehead atoms. The number of carboxylic acid groups (broad SMARTS) is 1. The summed E-state index contributed by atoms with van der Waals surface area (Å²) in [4.78, 5) is 11.2. The van der Waals surface area contributed by atoms with Crippen LogP contribution in [-0.2, 0) is 14.6 Å². The zero-order chi connectivity index (χ0) is 13.7. The van der Waals surface area contributed by atoms with Gasteiger partial charge in [-0.05, 0) is 17.7 Å². The SMILES string of the molecule is CS(=O)(=O)[C@H]1[C@H](c2cccc(Cl)c2)[C@@]1(N)C(=O)O. The Morgan fingerprint density at radius 2 is 2.11 bits per heavy atom. The number of hydrogen-bond acceptors (Lipinski definition) is 4. The molecule has 0 heterocycles. The van der Waals surface area contributed by atoms with E-state index in [1.54, 1.807) is 24.3 Å². The first kappa shape index (κ1) is 13.3. The van der Waals surface area contributed by atoms with Gasteiger partial charge in [-0.2, -0.15) is 0 Å². The van der Waals surface area contributed by atoms with E-state index >= 15 is 0 Å². The summed E-state index contributed by atoms with van der Waals surface area (Å²) in [6.07, 6.45) is 0.993. The fraction of sp³-hybridized carbons (Fsp3) is 0.364.